The summed E-state index contributed by atoms with van der Waals surface area (Å²) in [6, 6.07) is 2.61. The molecule has 164 valence electrons. The van der Waals surface area contributed by atoms with E-state index >= 15 is 0 Å². The summed E-state index contributed by atoms with van der Waals surface area (Å²) in [4.78, 5) is 18.2. The van der Waals surface area contributed by atoms with Crippen LogP contribution in [0, 0.1) is 5.92 Å². The number of amides is 1. The van der Waals surface area contributed by atoms with Crippen LogP contribution in [0.25, 0.3) is 0 Å². The summed E-state index contributed by atoms with van der Waals surface area (Å²) in [6.45, 7) is 1.69. The second kappa shape index (κ2) is 12.4. The Morgan fingerprint density at radius 3 is 2.52 bits per heavy atom. The number of rotatable bonds is 7. The van der Waals surface area contributed by atoms with Gasteiger partial charge in [-0.1, -0.05) is 32.1 Å². The Labute approximate surface area is 192 Å². The van der Waals surface area contributed by atoms with Gasteiger partial charge in [0.1, 0.15) is 0 Å². The highest BCUT2D eigenvalue weighted by Crippen LogP contribution is 2.28. The van der Waals surface area contributed by atoms with Gasteiger partial charge in [-0.2, -0.15) is 5.10 Å². The van der Waals surface area contributed by atoms with E-state index in [0.717, 1.165) is 12.2 Å². The molecule has 8 heteroatoms. The molecule has 0 bridgehead atoms. The second-order valence-corrected chi connectivity index (χ2v) is 8.42. The molecule has 1 aromatic heterocycles. The Kier molecular flexibility index (Phi) is 10.2. The van der Waals surface area contributed by atoms with Gasteiger partial charge in [-0.15, -0.1) is 24.0 Å². The van der Waals surface area contributed by atoms with Gasteiger partial charge in [0, 0.05) is 26.8 Å². The van der Waals surface area contributed by atoms with Crippen molar-refractivity contribution in [1.82, 2.24) is 25.3 Å². The SMILES string of the molecule is CN(C)C(=O)CNC(=NCc1ccn(C2CCCC2)n1)NCC1CCCCC1.I. The summed E-state index contributed by atoms with van der Waals surface area (Å²) < 4.78 is 2.11. The van der Waals surface area contributed by atoms with Crippen molar-refractivity contribution in [1.29, 1.82) is 0 Å². The summed E-state index contributed by atoms with van der Waals surface area (Å²) in [5.41, 5.74) is 0.976. The van der Waals surface area contributed by atoms with Gasteiger partial charge < -0.3 is 15.5 Å². The van der Waals surface area contributed by atoms with Crippen LogP contribution in [-0.4, -0.2) is 53.7 Å². The van der Waals surface area contributed by atoms with E-state index in [2.05, 4.69) is 27.6 Å². The number of nitrogens with zero attached hydrogens (tertiary/aromatic N) is 4. The molecule has 0 atom stereocenters. The zero-order chi connectivity index (χ0) is 19.8. The lowest BCUT2D eigenvalue weighted by Crippen LogP contribution is -2.44. The van der Waals surface area contributed by atoms with Crippen LogP contribution in [0.4, 0.5) is 0 Å². The summed E-state index contributed by atoms with van der Waals surface area (Å²) in [6.07, 6.45) is 13.7. The van der Waals surface area contributed by atoms with Gasteiger partial charge in [-0.3, -0.25) is 9.48 Å². The normalized spacial score (nSPS) is 18.3. The van der Waals surface area contributed by atoms with E-state index in [0.29, 0.717) is 24.5 Å². The largest absolute Gasteiger partial charge is 0.356 e. The molecule has 2 aliphatic carbocycles. The molecule has 2 fully saturated rings. The Morgan fingerprint density at radius 2 is 1.83 bits per heavy atom. The fraction of sp³-hybridized carbons (Fsp3) is 0.762. The minimum absolute atomic E-state index is 0. The fourth-order valence-electron chi connectivity index (χ4n) is 4.12. The van der Waals surface area contributed by atoms with Gasteiger partial charge in [-0.25, -0.2) is 4.99 Å². The highest BCUT2D eigenvalue weighted by atomic mass is 127. The first kappa shape index (κ1) is 24.0. The van der Waals surface area contributed by atoms with Crippen LogP contribution in [0.3, 0.4) is 0 Å². The fourth-order valence-corrected chi connectivity index (χ4v) is 4.12. The van der Waals surface area contributed by atoms with Crippen molar-refractivity contribution in [2.45, 2.75) is 70.4 Å². The van der Waals surface area contributed by atoms with Crippen molar-refractivity contribution >= 4 is 35.8 Å². The average Bonchev–Trinajstić information content (AvgIpc) is 3.39. The zero-order valence-corrected chi connectivity index (χ0v) is 20.2. The Balaban J connectivity index is 0.00000300. The number of halogens is 1. The van der Waals surface area contributed by atoms with E-state index in [9.17, 15) is 4.79 Å². The maximum absolute atomic E-state index is 11.9. The van der Waals surface area contributed by atoms with E-state index < -0.39 is 0 Å². The minimum atomic E-state index is 0. The topological polar surface area (TPSA) is 74.5 Å². The van der Waals surface area contributed by atoms with Crippen LogP contribution < -0.4 is 10.6 Å². The Morgan fingerprint density at radius 1 is 1.14 bits per heavy atom. The van der Waals surface area contributed by atoms with Crippen molar-refractivity contribution < 1.29 is 4.79 Å². The van der Waals surface area contributed by atoms with Crippen LogP contribution in [0.15, 0.2) is 17.3 Å². The molecule has 0 radical (unpaired) electrons. The van der Waals surface area contributed by atoms with Gasteiger partial charge >= 0.3 is 0 Å². The molecule has 0 aromatic carbocycles. The molecule has 7 nitrogen and oxygen atoms in total. The lowest BCUT2D eigenvalue weighted by molar-refractivity contribution is -0.127. The van der Waals surface area contributed by atoms with Crippen molar-refractivity contribution in [2.24, 2.45) is 10.9 Å². The van der Waals surface area contributed by atoms with E-state index in [1.807, 2.05) is 0 Å². The minimum Gasteiger partial charge on any atom is -0.356 e. The summed E-state index contributed by atoms with van der Waals surface area (Å²) >= 11 is 0. The highest BCUT2D eigenvalue weighted by Gasteiger charge is 2.18. The Hall–Kier alpha value is -1.32. The standard InChI is InChI=1S/C21H36N6O.HI/c1-26(2)20(28)16-24-21(22-14-17-8-4-3-5-9-17)23-15-18-12-13-27(25-18)19-10-6-7-11-19;/h12-13,17,19H,3-11,14-16H2,1-2H3,(H2,22,23,24);1H. The molecule has 2 N–H and O–H groups in total. The molecule has 2 aliphatic rings. The molecule has 29 heavy (non-hydrogen) atoms. The van der Waals surface area contributed by atoms with Crippen LogP contribution in [0.2, 0.25) is 0 Å². The van der Waals surface area contributed by atoms with Gasteiger partial charge in [0.15, 0.2) is 5.96 Å². The van der Waals surface area contributed by atoms with E-state index in [-0.39, 0.29) is 36.4 Å². The quantitative estimate of drug-likeness (QED) is 0.331. The number of carbonyl (C=O) groups is 1. The van der Waals surface area contributed by atoms with Gasteiger partial charge in [-0.05, 0) is 37.7 Å². The van der Waals surface area contributed by atoms with Gasteiger partial charge in [0.05, 0.1) is 24.8 Å². The summed E-state index contributed by atoms with van der Waals surface area (Å²) in [5, 5.41) is 11.4. The first-order chi connectivity index (χ1) is 13.6. The monoisotopic (exact) mass is 516 g/mol. The predicted octanol–water partition coefficient (Wildman–Crippen LogP) is 3.32. The van der Waals surface area contributed by atoms with Crippen LogP contribution in [0.5, 0.6) is 0 Å². The van der Waals surface area contributed by atoms with Crippen molar-refractivity contribution in [3.05, 3.63) is 18.0 Å². The number of nitrogens with one attached hydrogen (secondary N) is 2. The first-order valence-corrected chi connectivity index (χ1v) is 10.9. The molecule has 0 spiro atoms. The molecule has 0 saturated heterocycles. The van der Waals surface area contributed by atoms with E-state index in [1.54, 1.807) is 19.0 Å². The van der Waals surface area contributed by atoms with Crippen molar-refractivity contribution in [3.8, 4) is 0 Å². The molecular weight excluding hydrogens is 479 g/mol. The van der Waals surface area contributed by atoms with Crippen molar-refractivity contribution in [2.75, 3.05) is 27.2 Å². The number of hydrogen-bond acceptors (Lipinski definition) is 3. The third-order valence-electron chi connectivity index (χ3n) is 5.95. The lowest BCUT2D eigenvalue weighted by atomic mass is 9.89. The van der Waals surface area contributed by atoms with Crippen LogP contribution >= 0.6 is 24.0 Å². The van der Waals surface area contributed by atoms with E-state index in [1.165, 1.54) is 57.8 Å². The van der Waals surface area contributed by atoms with E-state index in [4.69, 9.17) is 10.1 Å². The molecule has 0 unspecified atom stereocenters. The number of aliphatic imine (C=N–C) groups is 1. The Bertz CT molecular complexity index is 647. The third-order valence-corrected chi connectivity index (χ3v) is 5.95. The van der Waals surface area contributed by atoms with Crippen molar-refractivity contribution in [3.63, 3.8) is 0 Å². The highest BCUT2D eigenvalue weighted by molar-refractivity contribution is 14.0. The second-order valence-electron chi connectivity index (χ2n) is 8.42. The maximum atomic E-state index is 11.9. The predicted molar refractivity (Wildman–Crippen MR) is 128 cm³/mol. The molecule has 1 aromatic rings. The molecule has 2 saturated carbocycles. The molecule has 0 aliphatic heterocycles. The lowest BCUT2D eigenvalue weighted by Gasteiger charge is -2.23. The summed E-state index contributed by atoms with van der Waals surface area (Å²) in [7, 11) is 3.54. The smallest absolute Gasteiger partial charge is 0.241 e. The third kappa shape index (κ3) is 7.79. The molecule has 3 rings (SSSR count). The number of aromatic nitrogens is 2. The zero-order valence-electron chi connectivity index (χ0n) is 17.9. The van der Waals surface area contributed by atoms with Crippen LogP contribution in [0.1, 0.15) is 69.5 Å². The summed E-state index contributed by atoms with van der Waals surface area (Å²) in [5.74, 6) is 1.45. The van der Waals surface area contributed by atoms with Gasteiger partial charge in [0.2, 0.25) is 5.91 Å². The molecule has 1 amide bonds. The van der Waals surface area contributed by atoms with Gasteiger partial charge in [0.25, 0.3) is 0 Å². The molecule has 1 heterocycles. The first-order valence-electron chi connectivity index (χ1n) is 10.9. The maximum Gasteiger partial charge on any atom is 0.241 e. The average molecular weight is 516 g/mol. The number of guanidine groups is 1. The number of carbonyl (C=O) groups excluding carboxylic acids is 1. The number of likely N-dealkylation sites (N-methyl/N-ethyl adjacent to an activating group) is 1. The van der Waals surface area contributed by atoms with Crippen LogP contribution in [-0.2, 0) is 11.3 Å². The molecular formula is C21H37IN6O. The number of hydrogen-bond donors (Lipinski definition) is 2.